The molecule has 2 rings (SSSR count). The number of carbonyl (C=O) groups excluding carboxylic acids is 1. The van der Waals surface area contributed by atoms with Gasteiger partial charge in [0.25, 0.3) is 0 Å². The van der Waals surface area contributed by atoms with Gasteiger partial charge >= 0.3 is 0 Å². The summed E-state index contributed by atoms with van der Waals surface area (Å²) in [4.78, 5) is 10.7. The van der Waals surface area contributed by atoms with E-state index in [0.29, 0.717) is 13.2 Å². The third-order valence-corrected chi connectivity index (χ3v) is 3.00. The van der Waals surface area contributed by atoms with Crippen LogP contribution in [0.3, 0.4) is 0 Å². The molecule has 0 amide bonds. The van der Waals surface area contributed by atoms with Gasteiger partial charge in [-0.05, 0) is 24.8 Å². The Hall–Kier alpha value is -1.15. The second kappa shape index (κ2) is 4.58. The lowest BCUT2D eigenvalue weighted by Crippen LogP contribution is -2.07. The first kappa shape index (κ1) is 10.4. The van der Waals surface area contributed by atoms with Gasteiger partial charge in [-0.2, -0.15) is 0 Å². The summed E-state index contributed by atoms with van der Waals surface area (Å²) in [5.74, 6) is 0. The Labute approximate surface area is 90.3 Å². The first-order valence-electron chi connectivity index (χ1n) is 5.43. The molecule has 2 heteroatoms. The van der Waals surface area contributed by atoms with Gasteiger partial charge in [-0.15, -0.1) is 0 Å². The molecule has 1 aromatic carbocycles. The van der Waals surface area contributed by atoms with Crippen LogP contribution < -0.4 is 0 Å². The molecule has 0 saturated heterocycles. The summed E-state index contributed by atoms with van der Waals surface area (Å²) in [5.41, 5.74) is 1.17. The number of carbonyl (C=O) groups is 1. The molecule has 1 aliphatic rings. The van der Waals surface area contributed by atoms with E-state index in [4.69, 9.17) is 4.74 Å². The molecule has 1 fully saturated rings. The monoisotopic (exact) mass is 204 g/mol. The summed E-state index contributed by atoms with van der Waals surface area (Å²) in [5, 5.41) is 0. The molecule has 0 radical (unpaired) electrons. The average molecular weight is 204 g/mol. The number of rotatable bonds is 6. The Bertz CT molecular complexity index is 315. The molecule has 1 saturated carbocycles. The third-order valence-electron chi connectivity index (χ3n) is 3.00. The molecule has 0 aromatic heterocycles. The number of aldehydes is 1. The van der Waals surface area contributed by atoms with Gasteiger partial charge in [-0.1, -0.05) is 30.3 Å². The number of hydrogen-bond donors (Lipinski definition) is 0. The van der Waals surface area contributed by atoms with Crippen LogP contribution in [-0.2, 0) is 16.1 Å². The zero-order valence-corrected chi connectivity index (χ0v) is 8.82. The van der Waals surface area contributed by atoms with Crippen LogP contribution in [0.4, 0.5) is 0 Å². The van der Waals surface area contributed by atoms with Crippen molar-refractivity contribution < 1.29 is 9.53 Å². The first-order chi connectivity index (χ1) is 7.35. The summed E-state index contributed by atoms with van der Waals surface area (Å²) < 4.78 is 5.54. The molecule has 80 valence electrons. The van der Waals surface area contributed by atoms with Gasteiger partial charge in [0.2, 0.25) is 0 Å². The largest absolute Gasteiger partial charge is 0.377 e. The van der Waals surface area contributed by atoms with Crippen molar-refractivity contribution in [3.8, 4) is 0 Å². The van der Waals surface area contributed by atoms with E-state index in [1.165, 1.54) is 5.56 Å². The maximum absolute atomic E-state index is 10.7. The zero-order valence-electron chi connectivity index (χ0n) is 8.82. The topological polar surface area (TPSA) is 26.3 Å². The minimum atomic E-state index is -0.0172. The highest BCUT2D eigenvalue weighted by atomic mass is 16.5. The van der Waals surface area contributed by atoms with Crippen LogP contribution in [0.25, 0.3) is 0 Å². The van der Waals surface area contributed by atoms with Gasteiger partial charge in [-0.3, -0.25) is 0 Å². The molecule has 2 nitrogen and oxygen atoms in total. The van der Waals surface area contributed by atoms with Crippen LogP contribution in [0, 0.1) is 5.41 Å². The Morgan fingerprint density at radius 2 is 2.00 bits per heavy atom. The van der Waals surface area contributed by atoms with Crippen LogP contribution in [0.5, 0.6) is 0 Å². The molecule has 0 aliphatic heterocycles. The second-order valence-electron chi connectivity index (χ2n) is 4.27. The van der Waals surface area contributed by atoms with E-state index in [1.54, 1.807) is 0 Å². The minimum absolute atomic E-state index is 0.0172. The number of hydrogen-bond acceptors (Lipinski definition) is 2. The molecule has 1 aromatic rings. The Balaban J connectivity index is 1.65. The van der Waals surface area contributed by atoms with E-state index >= 15 is 0 Å². The summed E-state index contributed by atoms with van der Waals surface area (Å²) >= 11 is 0. The average Bonchev–Trinajstić information content (AvgIpc) is 3.07. The molecule has 0 unspecified atom stereocenters. The summed E-state index contributed by atoms with van der Waals surface area (Å²) in [6.07, 6.45) is 4.07. The van der Waals surface area contributed by atoms with E-state index in [9.17, 15) is 4.79 Å². The SMILES string of the molecule is O=CC1(CCOCc2ccccc2)CC1. The molecule has 1 aliphatic carbocycles. The Kier molecular flexibility index (Phi) is 3.17. The van der Waals surface area contributed by atoms with E-state index in [0.717, 1.165) is 25.5 Å². The Morgan fingerprint density at radius 3 is 2.60 bits per heavy atom. The highest BCUT2D eigenvalue weighted by molar-refractivity contribution is 5.63. The molecule has 0 spiro atoms. The van der Waals surface area contributed by atoms with Crippen LogP contribution in [-0.4, -0.2) is 12.9 Å². The van der Waals surface area contributed by atoms with Crippen LogP contribution in [0.1, 0.15) is 24.8 Å². The predicted molar refractivity (Wildman–Crippen MR) is 58.4 cm³/mol. The zero-order chi connectivity index (χ0) is 10.6. The van der Waals surface area contributed by atoms with Crippen molar-refractivity contribution >= 4 is 6.29 Å². The molecule has 0 N–H and O–H groups in total. The van der Waals surface area contributed by atoms with Crippen molar-refractivity contribution in [3.05, 3.63) is 35.9 Å². The second-order valence-corrected chi connectivity index (χ2v) is 4.27. The van der Waals surface area contributed by atoms with Crippen LogP contribution in [0.15, 0.2) is 30.3 Å². The van der Waals surface area contributed by atoms with Gasteiger partial charge in [0.15, 0.2) is 0 Å². The summed E-state index contributed by atoms with van der Waals surface area (Å²) in [6, 6.07) is 10.1. The smallest absolute Gasteiger partial charge is 0.126 e. The van der Waals surface area contributed by atoms with E-state index in [1.807, 2.05) is 30.3 Å². The minimum Gasteiger partial charge on any atom is -0.377 e. The van der Waals surface area contributed by atoms with Crippen molar-refractivity contribution in [2.75, 3.05) is 6.61 Å². The van der Waals surface area contributed by atoms with Gasteiger partial charge in [0.05, 0.1) is 6.61 Å². The quantitative estimate of drug-likeness (QED) is 0.526. The van der Waals surface area contributed by atoms with Crippen molar-refractivity contribution in [3.63, 3.8) is 0 Å². The third kappa shape index (κ3) is 2.90. The fraction of sp³-hybridized carbons (Fsp3) is 0.462. The van der Waals surface area contributed by atoms with Gasteiger partial charge < -0.3 is 9.53 Å². The molecule has 0 bridgehead atoms. The molecule has 0 heterocycles. The maximum atomic E-state index is 10.7. The van der Waals surface area contributed by atoms with E-state index in [-0.39, 0.29) is 5.41 Å². The highest BCUT2D eigenvalue weighted by Gasteiger charge is 2.41. The number of ether oxygens (including phenoxy) is 1. The maximum Gasteiger partial charge on any atom is 0.126 e. The lowest BCUT2D eigenvalue weighted by atomic mass is 10.1. The first-order valence-corrected chi connectivity index (χ1v) is 5.43. The molecular formula is C13H16O2. The van der Waals surface area contributed by atoms with E-state index in [2.05, 4.69) is 0 Å². The lowest BCUT2D eigenvalue weighted by molar-refractivity contribution is -0.112. The van der Waals surface area contributed by atoms with Gasteiger partial charge in [0.1, 0.15) is 6.29 Å². The van der Waals surface area contributed by atoms with Crippen LogP contribution >= 0.6 is 0 Å². The van der Waals surface area contributed by atoms with Crippen molar-refractivity contribution in [2.24, 2.45) is 5.41 Å². The van der Waals surface area contributed by atoms with Crippen molar-refractivity contribution in [1.82, 2.24) is 0 Å². The van der Waals surface area contributed by atoms with Crippen molar-refractivity contribution in [2.45, 2.75) is 25.9 Å². The summed E-state index contributed by atoms with van der Waals surface area (Å²) in [7, 11) is 0. The van der Waals surface area contributed by atoms with E-state index < -0.39 is 0 Å². The van der Waals surface area contributed by atoms with Gasteiger partial charge in [-0.25, -0.2) is 0 Å². The fourth-order valence-corrected chi connectivity index (χ4v) is 1.63. The van der Waals surface area contributed by atoms with Crippen molar-refractivity contribution in [1.29, 1.82) is 0 Å². The van der Waals surface area contributed by atoms with Crippen LogP contribution in [0.2, 0.25) is 0 Å². The summed E-state index contributed by atoms with van der Waals surface area (Å²) in [6.45, 7) is 1.34. The normalized spacial score (nSPS) is 17.3. The molecular weight excluding hydrogens is 188 g/mol. The highest BCUT2D eigenvalue weighted by Crippen LogP contribution is 2.46. The predicted octanol–water partition coefficient (Wildman–Crippen LogP) is 2.57. The Morgan fingerprint density at radius 1 is 1.27 bits per heavy atom. The molecule has 15 heavy (non-hydrogen) atoms. The fourth-order valence-electron chi connectivity index (χ4n) is 1.63. The molecule has 0 atom stereocenters. The lowest BCUT2D eigenvalue weighted by Gasteiger charge is -2.07. The standard InChI is InChI=1S/C13H16O2/c14-11-13(6-7-13)8-9-15-10-12-4-2-1-3-5-12/h1-5,11H,6-10H2. The number of benzene rings is 1. The van der Waals surface area contributed by atoms with Gasteiger partial charge in [0, 0.05) is 12.0 Å².